The zero-order valence-electron chi connectivity index (χ0n) is 13.6. The van der Waals surface area contributed by atoms with E-state index in [4.69, 9.17) is 0 Å². The summed E-state index contributed by atoms with van der Waals surface area (Å²) < 4.78 is 2.31. The van der Waals surface area contributed by atoms with Crippen molar-refractivity contribution in [1.29, 1.82) is 0 Å². The maximum absolute atomic E-state index is 12.3. The average molecular weight is 309 g/mol. The normalized spacial score (nSPS) is 20.9. The zero-order chi connectivity index (χ0) is 15.8. The van der Waals surface area contributed by atoms with Crippen LogP contribution in [-0.4, -0.2) is 33.4 Å². The molecule has 1 atom stereocenters. The molecule has 1 aromatic carbocycles. The van der Waals surface area contributed by atoms with Gasteiger partial charge in [-0.3, -0.25) is 4.79 Å². The summed E-state index contributed by atoms with van der Waals surface area (Å²) in [4.78, 5) is 19.0. The van der Waals surface area contributed by atoms with E-state index < -0.39 is 0 Å². The number of nitrogens with zero attached hydrogens (tertiary/aromatic N) is 3. The summed E-state index contributed by atoms with van der Waals surface area (Å²) in [5.74, 6) is 2.19. The van der Waals surface area contributed by atoms with Crippen molar-refractivity contribution < 1.29 is 4.79 Å². The lowest BCUT2D eigenvalue weighted by Gasteiger charge is -2.17. The van der Waals surface area contributed by atoms with Crippen molar-refractivity contribution in [3.8, 4) is 0 Å². The van der Waals surface area contributed by atoms with E-state index in [0.717, 1.165) is 44.7 Å². The minimum Gasteiger partial charge on any atom is -0.342 e. The van der Waals surface area contributed by atoms with Gasteiger partial charge in [0.05, 0.1) is 0 Å². The van der Waals surface area contributed by atoms with Crippen LogP contribution < -0.4 is 0 Å². The van der Waals surface area contributed by atoms with Crippen molar-refractivity contribution in [2.45, 2.75) is 38.6 Å². The van der Waals surface area contributed by atoms with Crippen molar-refractivity contribution in [2.75, 3.05) is 13.1 Å². The third kappa shape index (κ3) is 2.90. The fourth-order valence-corrected chi connectivity index (χ4v) is 3.54. The van der Waals surface area contributed by atoms with Gasteiger partial charge in [-0.15, -0.1) is 0 Å². The molecule has 2 aromatic rings. The minimum absolute atomic E-state index is 0.319. The number of aromatic nitrogens is 2. The number of likely N-dealkylation sites (tertiary alicyclic amines) is 1. The zero-order valence-corrected chi connectivity index (χ0v) is 13.6. The molecule has 2 fully saturated rings. The summed E-state index contributed by atoms with van der Waals surface area (Å²) in [6.07, 6.45) is 5.16. The fraction of sp³-hybridized carbons (Fsp3) is 0.474. The molecule has 1 unspecified atom stereocenters. The molecule has 23 heavy (non-hydrogen) atoms. The lowest BCUT2D eigenvalue weighted by Crippen LogP contribution is -2.30. The number of hydrogen-bond acceptors (Lipinski definition) is 2. The highest BCUT2D eigenvalue weighted by Gasteiger charge is 2.37. The molecule has 1 saturated heterocycles. The Hall–Kier alpha value is -2.10. The van der Waals surface area contributed by atoms with Gasteiger partial charge in [-0.1, -0.05) is 30.3 Å². The van der Waals surface area contributed by atoms with Crippen LogP contribution in [0.25, 0.3) is 0 Å². The second kappa shape index (κ2) is 5.84. The smallest absolute Gasteiger partial charge is 0.225 e. The van der Waals surface area contributed by atoms with E-state index >= 15 is 0 Å². The molecular weight excluding hydrogens is 286 g/mol. The lowest BCUT2D eigenvalue weighted by atomic mass is 10.1. The Balaban J connectivity index is 1.52. The third-order valence-electron chi connectivity index (χ3n) is 5.06. The SMILES string of the molecule is Cc1cnc(C2CCN(C(=O)C3CC3)C2)n1Cc1ccccc1. The van der Waals surface area contributed by atoms with E-state index in [1.807, 2.05) is 12.3 Å². The number of benzene rings is 1. The Morgan fingerprint density at radius 2 is 2.00 bits per heavy atom. The fourth-order valence-electron chi connectivity index (χ4n) is 3.54. The number of imidazole rings is 1. The van der Waals surface area contributed by atoms with Crippen LogP contribution in [0.3, 0.4) is 0 Å². The number of aryl methyl sites for hydroxylation is 1. The number of amides is 1. The van der Waals surface area contributed by atoms with Crippen LogP contribution in [0, 0.1) is 12.8 Å². The van der Waals surface area contributed by atoms with Crippen molar-refractivity contribution in [1.82, 2.24) is 14.5 Å². The summed E-state index contributed by atoms with van der Waals surface area (Å²) >= 11 is 0. The molecule has 2 heterocycles. The highest BCUT2D eigenvalue weighted by molar-refractivity contribution is 5.81. The molecule has 0 bridgehead atoms. The molecule has 0 spiro atoms. The molecule has 1 amide bonds. The van der Waals surface area contributed by atoms with Crippen LogP contribution in [0.2, 0.25) is 0 Å². The summed E-state index contributed by atoms with van der Waals surface area (Å²) in [6, 6.07) is 10.5. The average Bonchev–Trinajstić information content (AvgIpc) is 3.21. The maximum Gasteiger partial charge on any atom is 0.225 e. The largest absolute Gasteiger partial charge is 0.342 e. The van der Waals surface area contributed by atoms with E-state index in [2.05, 4.69) is 45.6 Å². The number of carbonyl (C=O) groups excluding carboxylic acids is 1. The van der Waals surface area contributed by atoms with Crippen molar-refractivity contribution in [3.05, 3.63) is 53.6 Å². The van der Waals surface area contributed by atoms with Gasteiger partial charge in [-0.05, 0) is 31.7 Å². The van der Waals surface area contributed by atoms with Crippen LogP contribution in [-0.2, 0) is 11.3 Å². The van der Waals surface area contributed by atoms with Crippen LogP contribution >= 0.6 is 0 Å². The van der Waals surface area contributed by atoms with Gasteiger partial charge in [0.15, 0.2) is 0 Å². The van der Waals surface area contributed by atoms with E-state index in [0.29, 0.717) is 17.7 Å². The van der Waals surface area contributed by atoms with Gasteiger partial charge in [0.25, 0.3) is 0 Å². The second-order valence-corrected chi connectivity index (χ2v) is 6.87. The summed E-state index contributed by atoms with van der Waals surface area (Å²) in [7, 11) is 0. The van der Waals surface area contributed by atoms with Crippen LogP contribution in [0.1, 0.15) is 42.3 Å². The van der Waals surface area contributed by atoms with E-state index in [-0.39, 0.29) is 0 Å². The van der Waals surface area contributed by atoms with Crippen LogP contribution in [0.4, 0.5) is 0 Å². The predicted octanol–water partition coefficient (Wildman–Crippen LogP) is 2.97. The second-order valence-electron chi connectivity index (χ2n) is 6.87. The Morgan fingerprint density at radius 3 is 2.74 bits per heavy atom. The number of hydrogen-bond donors (Lipinski definition) is 0. The van der Waals surface area contributed by atoms with Gasteiger partial charge in [-0.25, -0.2) is 4.98 Å². The Kier molecular flexibility index (Phi) is 3.68. The van der Waals surface area contributed by atoms with Crippen LogP contribution in [0.15, 0.2) is 36.5 Å². The first-order valence-electron chi connectivity index (χ1n) is 8.57. The van der Waals surface area contributed by atoms with E-state index in [1.54, 1.807) is 0 Å². The minimum atomic E-state index is 0.319. The molecule has 4 heteroatoms. The van der Waals surface area contributed by atoms with Gasteiger partial charge in [0, 0.05) is 43.4 Å². The van der Waals surface area contributed by atoms with Crippen molar-refractivity contribution >= 4 is 5.91 Å². The number of carbonyl (C=O) groups is 1. The molecule has 1 saturated carbocycles. The Labute approximate surface area is 137 Å². The molecule has 1 aliphatic heterocycles. The van der Waals surface area contributed by atoms with Crippen molar-refractivity contribution in [2.24, 2.45) is 5.92 Å². The molecule has 0 N–H and O–H groups in total. The summed E-state index contributed by atoms with van der Waals surface area (Å²) in [6.45, 7) is 4.69. The molecule has 120 valence electrons. The molecule has 1 aliphatic carbocycles. The first kappa shape index (κ1) is 14.5. The molecule has 4 rings (SSSR count). The van der Waals surface area contributed by atoms with Gasteiger partial charge in [-0.2, -0.15) is 0 Å². The highest BCUT2D eigenvalue weighted by Crippen LogP contribution is 2.35. The Bertz CT molecular complexity index is 703. The van der Waals surface area contributed by atoms with E-state index in [1.165, 1.54) is 11.3 Å². The first-order chi connectivity index (χ1) is 11.2. The van der Waals surface area contributed by atoms with E-state index in [9.17, 15) is 4.79 Å². The standard InChI is InChI=1S/C19H23N3O/c1-14-11-20-18(22(14)12-15-5-3-2-4-6-15)17-9-10-21(13-17)19(23)16-7-8-16/h2-6,11,16-17H,7-10,12-13H2,1H3. The Morgan fingerprint density at radius 1 is 1.22 bits per heavy atom. The maximum atomic E-state index is 12.3. The number of rotatable bonds is 4. The van der Waals surface area contributed by atoms with Gasteiger partial charge in [0.2, 0.25) is 5.91 Å². The monoisotopic (exact) mass is 309 g/mol. The first-order valence-corrected chi connectivity index (χ1v) is 8.57. The third-order valence-corrected chi connectivity index (χ3v) is 5.06. The molecule has 0 radical (unpaired) electrons. The lowest BCUT2D eigenvalue weighted by molar-refractivity contribution is -0.131. The summed E-state index contributed by atoms with van der Waals surface area (Å²) in [5.41, 5.74) is 2.48. The molecule has 1 aromatic heterocycles. The van der Waals surface area contributed by atoms with Gasteiger partial charge < -0.3 is 9.47 Å². The quantitative estimate of drug-likeness (QED) is 0.871. The van der Waals surface area contributed by atoms with Crippen molar-refractivity contribution in [3.63, 3.8) is 0 Å². The van der Waals surface area contributed by atoms with Gasteiger partial charge in [0.1, 0.15) is 5.82 Å². The molecule has 2 aliphatic rings. The summed E-state index contributed by atoms with van der Waals surface area (Å²) in [5, 5.41) is 0. The predicted molar refractivity (Wildman–Crippen MR) is 89.2 cm³/mol. The topological polar surface area (TPSA) is 38.1 Å². The molecular formula is C19H23N3O. The molecule has 4 nitrogen and oxygen atoms in total. The van der Waals surface area contributed by atoms with Gasteiger partial charge >= 0.3 is 0 Å². The van der Waals surface area contributed by atoms with Crippen LogP contribution in [0.5, 0.6) is 0 Å². The highest BCUT2D eigenvalue weighted by atomic mass is 16.2.